The van der Waals surface area contributed by atoms with Crippen LogP contribution in [0.4, 0.5) is 10.5 Å². The summed E-state index contributed by atoms with van der Waals surface area (Å²) >= 11 is 0. The first kappa shape index (κ1) is 18.3. The maximum absolute atomic E-state index is 11.3. The van der Waals surface area contributed by atoms with Gasteiger partial charge in [0.05, 0.1) is 18.1 Å². The summed E-state index contributed by atoms with van der Waals surface area (Å²) in [6, 6.07) is 4.80. The molecule has 0 radical (unpaired) electrons. The molecule has 1 rings (SSSR count). The van der Waals surface area contributed by atoms with E-state index in [2.05, 4.69) is 9.47 Å². The van der Waals surface area contributed by atoms with Gasteiger partial charge in [-0.1, -0.05) is 0 Å². The zero-order valence-electron chi connectivity index (χ0n) is 12.3. The van der Waals surface area contributed by atoms with Crippen LogP contribution in [0.15, 0.2) is 24.3 Å². The molecule has 10 nitrogen and oxygen atoms in total. The van der Waals surface area contributed by atoms with E-state index < -0.39 is 23.8 Å². The van der Waals surface area contributed by atoms with Crippen molar-refractivity contribution < 1.29 is 38.2 Å². The average molecular weight is 329 g/mol. The second-order valence-electron chi connectivity index (χ2n) is 3.93. The predicted molar refractivity (Wildman–Crippen MR) is 73.9 cm³/mol. The molecule has 0 spiro atoms. The maximum atomic E-state index is 11.3. The van der Waals surface area contributed by atoms with Gasteiger partial charge in [0.1, 0.15) is 12.4 Å². The summed E-state index contributed by atoms with van der Waals surface area (Å²) in [5.41, 5.74) is -0.145. The summed E-state index contributed by atoms with van der Waals surface area (Å²) in [6.45, 7) is -0.373. The van der Waals surface area contributed by atoms with Crippen molar-refractivity contribution in [2.75, 3.05) is 33.7 Å². The molecule has 0 heterocycles. The standard InChI is InChI=1S/C13H15NO9/c1-19-6-7-20-8-12(15)21-9-22-13(16)23-11-4-2-10(3-5-11)14(17)18/h2-5H,6-9H2,1H3. The highest BCUT2D eigenvalue weighted by molar-refractivity contribution is 5.71. The van der Waals surface area contributed by atoms with E-state index in [1.54, 1.807) is 0 Å². The van der Waals surface area contributed by atoms with Gasteiger partial charge in [-0.2, -0.15) is 0 Å². The molecule has 0 atom stereocenters. The van der Waals surface area contributed by atoms with Gasteiger partial charge in [-0.3, -0.25) is 10.1 Å². The molecule has 0 saturated carbocycles. The second-order valence-corrected chi connectivity index (χ2v) is 3.93. The van der Waals surface area contributed by atoms with Gasteiger partial charge < -0.3 is 23.7 Å². The van der Waals surface area contributed by atoms with Gasteiger partial charge in [0, 0.05) is 19.2 Å². The Kier molecular flexibility index (Phi) is 8.03. The number of carbonyl (C=O) groups excluding carboxylic acids is 2. The maximum Gasteiger partial charge on any atom is 0.516 e. The second kappa shape index (κ2) is 10.1. The molecule has 10 heteroatoms. The number of benzene rings is 1. The first-order valence-corrected chi connectivity index (χ1v) is 6.34. The molecule has 0 bridgehead atoms. The molecule has 1 aromatic carbocycles. The van der Waals surface area contributed by atoms with Gasteiger partial charge in [0.2, 0.25) is 6.79 Å². The van der Waals surface area contributed by atoms with Crippen molar-refractivity contribution in [2.24, 2.45) is 0 Å². The van der Waals surface area contributed by atoms with Gasteiger partial charge in [0.15, 0.2) is 0 Å². The van der Waals surface area contributed by atoms with Crippen molar-refractivity contribution >= 4 is 17.8 Å². The Morgan fingerprint density at radius 3 is 2.43 bits per heavy atom. The van der Waals surface area contributed by atoms with Crippen molar-refractivity contribution in [1.82, 2.24) is 0 Å². The van der Waals surface area contributed by atoms with Gasteiger partial charge in [0.25, 0.3) is 5.69 Å². The van der Waals surface area contributed by atoms with Gasteiger partial charge in [-0.25, -0.2) is 9.59 Å². The van der Waals surface area contributed by atoms with Crippen LogP contribution in [-0.2, 0) is 23.7 Å². The van der Waals surface area contributed by atoms with E-state index in [4.69, 9.17) is 14.2 Å². The van der Waals surface area contributed by atoms with Crippen LogP contribution in [-0.4, -0.2) is 50.8 Å². The highest BCUT2D eigenvalue weighted by Crippen LogP contribution is 2.17. The molecule has 0 aliphatic heterocycles. The Hall–Kier alpha value is -2.72. The molecule has 0 saturated heterocycles. The van der Waals surface area contributed by atoms with Crippen LogP contribution < -0.4 is 4.74 Å². The molecule has 0 amide bonds. The molecule has 23 heavy (non-hydrogen) atoms. The first-order valence-electron chi connectivity index (χ1n) is 6.34. The SMILES string of the molecule is COCCOCC(=O)OCOC(=O)Oc1ccc([N+](=O)[O-])cc1. The van der Waals surface area contributed by atoms with Crippen LogP contribution in [0.25, 0.3) is 0 Å². The summed E-state index contributed by atoms with van der Waals surface area (Å²) in [6.07, 6.45) is -1.12. The van der Waals surface area contributed by atoms with Crippen molar-refractivity contribution in [1.29, 1.82) is 0 Å². The normalized spacial score (nSPS) is 9.96. The summed E-state index contributed by atoms with van der Waals surface area (Å²) in [5.74, 6) is -0.668. The molecule has 0 fully saturated rings. The Balaban J connectivity index is 2.21. The van der Waals surface area contributed by atoms with Crippen LogP contribution >= 0.6 is 0 Å². The third-order valence-corrected chi connectivity index (χ3v) is 2.30. The monoisotopic (exact) mass is 329 g/mol. The summed E-state index contributed by atoms with van der Waals surface area (Å²) in [5, 5.41) is 10.5. The fraction of sp³-hybridized carbons (Fsp3) is 0.385. The topological polar surface area (TPSA) is 123 Å². The number of nitro groups is 1. The summed E-state index contributed by atoms with van der Waals surface area (Å²) < 4.78 is 23.4. The average Bonchev–Trinajstić information content (AvgIpc) is 2.52. The molecule has 0 aliphatic rings. The van der Waals surface area contributed by atoms with Crippen molar-refractivity contribution in [2.45, 2.75) is 0 Å². The number of rotatable bonds is 9. The van der Waals surface area contributed by atoms with Crippen molar-refractivity contribution in [3.8, 4) is 5.75 Å². The Labute approximate surface area is 131 Å². The fourth-order valence-electron chi connectivity index (χ4n) is 1.24. The highest BCUT2D eigenvalue weighted by atomic mass is 16.8. The molecule has 0 aliphatic carbocycles. The van der Waals surface area contributed by atoms with Crippen LogP contribution in [0.5, 0.6) is 5.75 Å². The van der Waals surface area contributed by atoms with Crippen molar-refractivity contribution in [3.63, 3.8) is 0 Å². The Bertz CT molecular complexity index is 529. The van der Waals surface area contributed by atoms with Gasteiger partial charge in [-0.15, -0.1) is 0 Å². The number of nitrogens with zero attached hydrogens (tertiary/aromatic N) is 1. The van der Waals surface area contributed by atoms with Crippen LogP contribution in [0.1, 0.15) is 0 Å². The lowest BCUT2D eigenvalue weighted by Crippen LogP contribution is -2.19. The molecule has 1 aromatic rings. The third kappa shape index (κ3) is 7.74. The largest absolute Gasteiger partial charge is 0.516 e. The zero-order chi connectivity index (χ0) is 17.1. The van der Waals surface area contributed by atoms with Crippen molar-refractivity contribution in [3.05, 3.63) is 34.4 Å². The summed E-state index contributed by atoms with van der Waals surface area (Å²) in [4.78, 5) is 32.3. The van der Waals surface area contributed by atoms with E-state index in [9.17, 15) is 19.7 Å². The number of ether oxygens (including phenoxy) is 5. The number of hydrogen-bond donors (Lipinski definition) is 0. The number of nitro benzene ring substituents is 1. The van der Waals surface area contributed by atoms with Crippen LogP contribution in [0.2, 0.25) is 0 Å². The number of methoxy groups -OCH3 is 1. The molecule has 0 aromatic heterocycles. The van der Waals surface area contributed by atoms with Gasteiger partial charge in [-0.05, 0) is 12.1 Å². The minimum atomic E-state index is -1.12. The Morgan fingerprint density at radius 1 is 1.13 bits per heavy atom. The molecular weight excluding hydrogens is 314 g/mol. The molecule has 126 valence electrons. The third-order valence-electron chi connectivity index (χ3n) is 2.30. The lowest BCUT2D eigenvalue weighted by molar-refractivity contribution is -0.384. The zero-order valence-corrected chi connectivity index (χ0v) is 12.3. The Morgan fingerprint density at radius 2 is 1.83 bits per heavy atom. The number of hydrogen-bond acceptors (Lipinski definition) is 9. The van der Waals surface area contributed by atoms with Crippen LogP contribution in [0.3, 0.4) is 0 Å². The molecule has 0 N–H and O–H groups in total. The van der Waals surface area contributed by atoms with E-state index in [1.807, 2.05) is 0 Å². The minimum Gasteiger partial charge on any atom is -0.426 e. The lowest BCUT2D eigenvalue weighted by Gasteiger charge is -2.07. The lowest BCUT2D eigenvalue weighted by atomic mass is 10.3. The smallest absolute Gasteiger partial charge is 0.426 e. The fourth-order valence-corrected chi connectivity index (χ4v) is 1.24. The van der Waals surface area contributed by atoms with E-state index in [0.29, 0.717) is 6.61 Å². The molecular formula is C13H15NO9. The first-order chi connectivity index (χ1) is 11.0. The van der Waals surface area contributed by atoms with E-state index in [1.165, 1.54) is 31.4 Å². The number of non-ortho nitro benzene ring substituents is 1. The number of esters is 1. The van der Waals surface area contributed by atoms with E-state index >= 15 is 0 Å². The minimum absolute atomic E-state index is 0.0508. The predicted octanol–water partition coefficient (Wildman–Crippen LogP) is 1.27. The highest BCUT2D eigenvalue weighted by Gasteiger charge is 2.10. The van der Waals surface area contributed by atoms with E-state index in [-0.39, 0.29) is 24.7 Å². The van der Waals surface area contributed by atoms with Crippen LogP contribution in [0, 0.1) is 10.1 Å². The van der Waals surface area contributed by atoms with Gasteiger partial charge >= 0.3 is 12.1 Å². The quantitative estimate of drug-likeness (QED) is 0.164. The summed E-state index contributed by atoms with van der Waals surface area (Å²) in [7, 11) is 1.49. The molecule has 0 unspecified atom stereocenters. The number of carbonyl (C=O) groups is 2. The van der Waals surface area contributed by atoms with E-state index in [0.717, 1.165) is 0 Å².